The van der Waals surface area contributed by atoms with Gasteiger partial charge in [0.15, 0.2) is 9.84 Å². The molecule has 3 rings (SSSR count). The molecule has 2 heterocycles. The highest BCUT2D eigenvalue weighted by Crippen LogP contribution is 2.35. The lowest BCUT2D eigenvalue weighted by Crippen LogP contribution is -2.28. The number of pyridine rings is 1. The zero-order chi connectivity index (χ0) is 24.6. The van der Waals surface area contributed by atoms with Crippen molar-refractivity contribution in [1.29, 1.82) is 5.26 Å². The standard InChI is InChI=1S/C22H26N4O5S2/c1-6-7-32(27,28)25-17-9-15(12-23)8-16(10-17)18-13-24-21-11-19(31-5)20(14-26(18)21)33(29,30)22(2,3)4/h8-11,13-14,25H,6-7H2,1-5H3. The first kappa shape index (κ1) is 24.5. The molecule has 0 saturated heterocycles. The van der Waals surface area contributed by atoms with E-state index in [1.165, 1.54) is 31.6 Å². The van der Waals surface area contributed by atoms with E-state index in [2.05, 4.69) is 9.71 Å². The zero-order valence-corrected chi connectivity index (χ0v) is 20.7. The van der Waals surface area contributed by atoms with E-state index in [1.807, 2.05) is 6.07 Å². The molecule has 0 unspecified atom stereocenters. The first-order valence-electron chi connectivity index (χ1n) is 10.2. The summed E-state index contributed by atoms with van der Waals surface area (Å²) in [5, 5.41) is 9.46. The molecule has 0 saturated carbocycles. The number of sulfonamides is 1. The molecule has 0 amide bonds. The van der Waals surface area contributed by atoms with Gasteiger partial charge in [0, 0.05) is 17.8 Å². The topological polar surface area (TPSA) is 131 Å². The number of ether oxygens (including phenoxy) is 1. The quantitative estimate of drug-likeness (QED) is 0.535. The van der Waals surface area contributed by atoms with Crippen LogP contribution in [0.4, 0.5) is 5.69 Å². The fourth-order valence-corrected chi connectivity index (χ4v) is 5.72. The number of nitriles is 1. The van der Waals surface area contributed by atoms with Gasteiger partial charge in [0.25, 0.3) is 0 Å². The lowest BCUT2D eigenvalue weighted by atomic mass is 10.1. The molecule has 1 aromatic carbocycles. The van der Waals surface area contributed by atoms with Crippen LogP contribution in [-0.2, 0) is 19.9 Å². The van der Waals surface area contributed by atoms with Crippen LogP contribution in [0.5, 0.6) is 5.75 Å². The summed E-state index contributed by atoms with van der Waals surface area (Å²) in [6, 6.07) is 8.17. The number of imidazole rings is 1. The van der Waals surface area contributed by atoms with Gasteiger partial charge in [0.1, 0.15) is 16.3 Å². The number of sulfone groups is 1. The van der Waals surface area contributed by atoms with Gasteiger partial charge >= 0.3 is 0 Å². The molecular formula is C22H26N4O5S2. The smallest absolute Gasteiger partial charge is 0.232 e. The Labute approximate surface area is 194 Å². The number of nitrogens with zero attached hydrogens (tertiary/aromatic N) is 3. The normalized spacial score (nSPS) is 12.5. The first-order valence-corrected chi connectivity index (χ1v) is 13.3. The maximum absolute atomic E-state index is 13.2. The average Bonchev–Trinajstić information content (AvgIpc) is 3.14. The van der Waals surface area contributed by atoms with Crippen LogP contribution in [0.3, 0.4) is 0 Å². The molecule has 0 bridgehead atoms. The Kier molecular flexibility index (Phi) is 6.46. The number of aromatic nitrogens is 2. The predicted molar refractivity (Wildman–Crippen MR) is 127 cm³/mol. The van der Waals surface area contributed by atoms with Gasteiger partial charge in [-0.2, -0.15) is 5.26 Å². The number of rotatable bonds is 7. The van der Waals surface area contributed by atoms with Crippen LogP contribution in [0.15, 0.2) is 41.6 Å². The molecular weight excluding hydrogens is 464 g/mol. The number of methoxy groups -OCH3 is 1. The maximum atomic E-state index is 13.2. The third-order valence-corrected chi connectivity index (χ3v) is 8.98. The molecule has 0 spiro atoms. The second-order valence-corrected chi connectivity index (χ2v) is 13.0. The van der Waals surface area contributed by atoms with Gasteiger partial charge < -0.3 is 4.74 Å². The van der Waals surface area contributed by atoms with Crippen LogP contribution in [0.1, 0.15) is 39.7 Å². The summed E-state index contributed by atoms with van der Waals surface area (Å²) in [6.45, 7) is 6.57. The van der Waals surface area contributed by atoms with E-state index in [0.717, 1.165) is 0 Å². The molecule has 0 aliphatic carbocycles. The van der Waals surface area contributed by atoms with E-state index in [4.69, 9.17) is 4.74 Å². The molecule has 1 N–H and O–H groups in total. The fraction of sp³-hybridized carbons (Fsp3) is 0.364. The monoisotopic (exact) mass is 490 g/mol. The highest BCUT2D eigenvalue weighted by atomic mass is 32.2. The molecule has 0 aliphatic rings. The van der Waals surface area contributed by atoms with Crippen molar-refractivity contribution in [2.24, 2.45) is 0 Å². The van der Waals surface area contributed by atoms with Gasteiger partial charge in [-0.1, -0.05) is 6.92 Å². The molecule has 176 valence electrons. The summed E-state index contributed by atoms with van der Waals surface area (Å²) >= 11 is 0. The number of nitrogens with one attached hydrogen (secondary N) is 1. The van der Waals surface area contributed by atoms with Crippen molar-refractivity contribution in [2.75, 3.05) is 17.6 Å². The summed E-state index contributed by atoms with van der Waals surface area (Å²) < 4.78 is 59.2. The Morgan fingerprint density at radius 2 is 1.85 bits per heavy atom. The van der Waals surface area contributed by atoms with Crippen LogP contribution in [0, 0.1) is 11.3 Å². The largest absolute Gasteiger partial charge is 0.495 e. The number of hydrogen-bond donors (Lipinski definition) is 1. The van der Waals surface area contributed by atoms with E-state index in [-0.39, 0.29) is 27.6 Å². The first-order chi connectivity index (χ1) is 15.3. The maximum Gasteiger partial charge on any atom is 0.232 e. The lowest BCUT2D eigenvalue weighted by Gasteiger charge is -2.21. The van der Waals surface area contributed by atoms with E-state index >= 15 is 0 Å². The van der Waals surface area contributed by atoms with Crippen LogP contribution in [0.2, 0.25) is 0 Å². The van der Waals surface area contributed by atoms with Gasteiger partial charge in [-0.3, -0.25) is 9.12 Å². The Morgan fingerprint density at radius 3 is 2.42 bits per heavy atom. The minimum absolute atomic E-state index is 0.00422. The van der Waals surface area contributed by atoms with Crippen molar-refractivity contribution in [3.63, 3.8) is 0 Å². The van der Waals surface area contributed by atoms with Gasteiger partial charge in [-0.05, 0) is 45.4 Å². The van der Waals surface area contributed by atoms with Crippen LogP contribution in [-0.4, -0.2) is 43.8 Å². The van der Waals surface area contributed by atoms with Gasteiger partial charge in [-0.15, -0.1) is 0 Å². The molecule has 0 fully saturated rings. The second kappa shape index (κ2) is 8.68. The summed E-state index contributed by atoms with van der Waals surface area (Å²) in [6.07, 6.45) is 3.42. The Morgan fingerprint density at radius 1 is 1.15 bits per heavy atom. The number of benzene rings is 1. The molecule has 11 heteroatoms. The van der Waals surface area contributed by atoms with Crippen LogP contribution >= 0.6 is 0 Å². The van der Waals surface area contributed by atoms with Crippen molar-refractivity contribution in [1.82, 2.24) is 9.38 Å². The molecule has 0 aliphatic heterocycles. The SMILES string of the molecule is CCCS(=O)(=O)Nc1cc(C#N)cc(-c2cnc3cc(OC)c(S(=O)(=O)C(C)(C)C)cn23)c1. The molecule has 2 aromatic heterocycles. The van der Waals surface area contributed by atoms with Gasteiger partial charge in [-0.25, -0.2) is 21.8 Å². The lowest BCUT2D eigenvalue weighted by molar-refractivity contribution is 0.401. The Bertz CT molecular complexity index is 1460. The summed E-state index contributed by atoms with van der Waals surface area (Å²) in [5.41, 5.74) is 1.91. The summed E-state index contributed by atoms with van der Waals surface area (Å²) in [4.78, 5) is 4.35. The predicted octanol–water partition coefficient (Wildman–Crippen LogP) is 3.61. The van der Waals surface area contributed by atoms with E-state index in [0.29, 0.717) is 23.3 Å². The molecule has 33 heavy (non-hydrogen) atoms. The summed E-state index contributed by atoms with van der Waals surface area (Å²) in [5.74, 6) is 0.121. The molecule has 0 atom stereocenters. The molecule has 3 aromatic rings. The number of fused-ring (bicyclic) bond motifs is 1. The van der Waals surface area contributed by atoms with Gasteiger partial charge in [0.05, 0.1) is 46.8 Å². The highest BCUT2D eigenvalue weighted by Gasteiger charge is 2.34. The molecule has 9 nitrogen and oxygen atoms in total. The third kappa shape index (κ3) is 4.82. The average molecular weight is 491 g/mol. The van der Waals surface area contributed by atoms with Crippen molar-refractivity contribution >= 4 is 31.2 Å². The molecule has 0 radical (unpaired) electrons. The van der Waals surface area contributed by atoms with Crippen molar-refractivity contribution in [2.45, 2.75) is 43.8 Å². The second-order valence-electron chi connectivity index (χ2n) is 8.53. The Hall–Kier alpha value is -3.10. The number of anilines is 1. The van der Waals surface area contributed by atoms with E-state index in [9.17, 15) is 22.1 Å². The summed E-state index contributed by atoms with van der Waals surface area (Å²) in [7, 11) is -5.93. The zero-order valence-electron chi connectivity index (χ0n) is 19.1. The van der Waals surface area contributed by atoms with Gasteiger partial charge in [0.2, 0.25) is 10.0 Å². The van der Waals surface area contributed by atoms with Crippen molar-refractivity contribution in [3.8, 4) is 23.1 Å². The minimum Gasteiger partial charge on any atom is -0.495 e. The van der Waals surface area contributed by atoms with Crippen LogP contribution in [0.25, 0.3) is 16.9 Å². The van der Waals surface area contributed by atoms with Crippen molar-refractivity contribution < 1.29 is 21.6 Å². The minimum atomic E-state index is -3.76. The van der Waals surface area contributed by atoms with Crippen LogP contribution < -0.4 is 9.46 Å². The third-order valence-electron chi connectivity index (χ3n) is 4.99. The Balaban J connectivity index is 2.24. The van der Waals surface area contributed by atoms with Crippen molar-refractivity contribution in [3.05, 3.63) is 42.2 Å². The number of hydrogen-bond acceptors (Lipinski definition) is 7. The van der Waals surface area contributed by atoms with E-state index in [1.54, 1.807) is 44.2 Å². The highest BCUT2D eigenvalue weighted by molar-refractivity contribution is 7.93. The van der Waals surface area contributed by atoms with E-state index < -0.39 is 24.6 Å². The fourth-order valence-electron chi connectivity index (χ4n) is 3.29.